The summed E-state index contributed by atoms with van der Waals surface area (Å²) in [6, 6.07) is -0.365. The van der Waals surface area contributed by atoms with Crippen LogP contribution in [0.4, 0.5) is 4.79 Å². The van der Waals surface area contributed by atoms with Crippen LogP contribution in [0.2, 0.25) is 0 Å². The zero-order chi connectivity index (χ0) is 12.9. The SMILES string of the molecule is CC(C)(C)OC(=O)N[C@@H](CO)Cc1nccs1. The van der Waals surface area contributed by atoms with Crippen molar-refractivity contribution in [3.63, 3.8) is 0 Å². The molecule has 1 atom stereocenters. The van der Waals surface area contributed by atoms with Crippen LogP contribution in [0.25, 0.3) is 0 Å². The number of nitrogens with one attached hydrogen (secondary N) is 1. The van der Waals surface area contributed by atoms with Crippen molar-refractivity contribution in [3.8, 4) is 0 Å². The second-order valence-corrected chi connectivity index (χ2v) is 5.63. The second-order valence-electron chi connectivity index (χ2n) is 4.66. The maximum Gasteiger partial charge on any atom is 0.407 e. The van der Waals surface area contributed by atoms with Gasteiger partial charge in [0.05, 0.1) is 17.7 Å². The van der Waals surface area contributed by atoms with Crippen LogP contribution in [-0.4, -0.2) is 34.4 Å². The molecule has 0 unspecified atom stereocenters. The lowest BCUT2D eigenvalue weighted by Gasteiger charge is -2.22. The molecule has 2 N–H and O–H groups in total. The van der Waals surface area contributed by atoms with Gasteiger partial charge in [0.2, 0.25) is 0 Å². The van der Waals surface area contributed by atoms with Crippen molar-refractivity contribution < 1.29 is 14.6 Å². The van der Waals surface area contributed by atoms with E-state index in [-0.39, 0.29) is 12.6 Å². The van der Waals surface area contributed by atoms with E-state index in [4.69, 9.17) is 4.74 Å². The molecule has 0 fully saturated rings. The molecule has 0 radical (unpaired) electrons. The number of aliphatic hydroxyl groups is 1. The first-order chi connectivity index (χ1) is 7.90. The van der Waals surface area contributed by atoms with Gasteiger partial charge in [0, 0.05) is 18.0 Å². The highest BCUT2D eigenvalue weighted by Gasteiger charge is 2.19. The number of aliphatic hydroxyl groups excluding tert-OH is 1. The third-order valence-corrected chi connectivity index (χ3v) is 2.65. The minimum Gasteiger partial charge on any atom is -0.444 e. The Bertz CT molecular complexity index is 346. The predicted molar refractivity (Wildman–Crippen MR) is 66.1 cm³/mol. The molecule has 0 bridgehead atoms. The van der Waals surface area contributed by atoms with Gasteiger partial charge in [-0.3, -0.25) is 0 Å². The number of hydrogen-bond acceptors (Lipinski definition) is 5. The van der Waals surface area contributed by atoms with E-state index in [1.165, 1.54) is 11.3 Å². The molecule has 1 rings (SSSR count). The molecule has 0 aliphatic carbocycles. The van der Waals surface area contributed by atoms with Crippen LogP contribution in [0.1, 0.15) is 25.8 Å². The molecule has 0 saturated heterocycles. The van der Waals surface area contributed by atoms with Gasteiger partial charge < -0.3 is 15.2 Å². The highest BCUT2D eigenvalue weighted by Crippen LogP contribution is 2.09. The van der Waals surface area contributed by atoms with Crippen molar-refractivity contribution in [1.29, 1.82) is 0 Å². The van der Waals surface area contributed by atoms with E-state index in [0.29, 0.717) is 6.42 Å². The van der Waals surface area contributed by atoms with Gasteiger partial charge in [-0.15, -0.1) is 11.3 Å². The van der Waals surface area contributed by atoms with E-state index in [1.807, 2.05) is 5.38 Å². The van der Waals surface area contributed by atoms with Gasteiger partial charge in [-0.1, -0.05) is 0 Å². The van der Waals surface area contributed by atoms with Crippen molar-refractivity contribution in [2.45, 2.75) is 38.8 Å². The number of hydrogen-bond donors (Lipinski definition) is 2. The van der Waals surface area contributed by atoms with Crippen molar-refractivity contribution in [3.05, 3.63) is 16.6 Å². The van der Waals surface area contributed by atoms with E-state index in [1.54, 1.807) is 27.0 Å². The molecule has 5 nitrogen and oxygen atoms in total. The Hall–Kier alpha value is -1.14. The fourth-order valence-electron chi connectivity index (χ4n) is 1.20. The summed E-state index contributed by atoms with van der Waals surface area (Å²) in [5, 5.41) is 14.5. The number of rotatable bonds is 4. The molecular weight excluding hydrogens is 240 g/mol. The first kappa shape index (κ1) is 13.9. The largest absolute Gasteiger partial charge is 0.444 e. The fraction of sp³-hybridized carbons (Fsp3) is 0.636. The van der Waals surface area contributed by atoms with Gasteiger partial charge >= 0.3 is 6.09 Å². The zero-order valence-electron chi connectivity index (χ0n) is 10.3. The quantitative estimate of drug-likeness (QED) is 0.860. The molecule has 0 aliphatic heterocycles. The summed E-state index contributed by atoms with van der Waals surface area (Å²) in [6.07, 6.45) is 1.68. The number of aromatic nitrogens is 1. The molecule has 1 aromatic rings. The summed E-state index contributed by atoms with van der Waals surface area (Å²) in [5.41, 5.74) is -0.536. The summed E-state index contributed by atoms with van der Waals surface area (Å²) < 4.78 is 5.11. The highest BCUT2D eigenvalue weighted by molar-refractivity contribution is 7.09. The number of ether oxygens (including phenoxy) is 1. The molecule has 96 valence electrons. The second kappa shape index (κ2) is 5.97. The van der Waals surface area contributed by atoms with Crippen molar-refractivity contribution in [1.82, 2.24) is 10.3 Å². The Morgan fingerprint density at radius 3 is 2.82 bits per heavy atom. The zero-order valence-corrected chi connectivity index (χ0v) is 11.1. The van der Waals surface area contributed by atoms with Gasteiger partial charge in [-0.05, 0) is 20.8 Å². The molecule has 6 heteroatoms. The Kier molecular flexibility index (Phi) is 4.89. The maximum atomic E-state index is 11.5. The van der Waals surface area contributed by atoms with Crippen LogP contribution in [0.15, 0.2) is 11.6 Å². The predicted octanol–water partition coefficient (Wildman–Crippen LogP) is 1.57. The third-order valence-electron chi connectivity index (χ3n) is 1.85. The average Bonchev–Trinajstić information content (AvgIpc) is 2.66. The van der Waals surface area contributed by atoms with Crippen LogP contribution < -0.4 is 5.32 Å². The van der Waals surface area contributed by atoms with E-state index in [9.17, 15) is 9.90 Å². The van der Waals surface area contributed by atoms with E-state index >= 15 is 0 Å². The van der Waals surface area contributed by atoms with Crippen molar-refractivity contribution in [2.75, 3.05) is 6.61 Å². The molecule has 0 saturated carbocycles. The van der Waals surface area contributed by atoms with Gasteiger partial charge in [0.15, 0.2) is 0 Å². The smallest absolute Gasteiger partial charge is 0.407 e. The first-order valence-electron chi connectivity index (χ1n) is 5.39. The molecule has 0 aromatic carbocycles. The molecule has 0 aliphatic rings. The van der Waals surface area contributed by atoms with Crippen LogP contribution in [0, 0.1) is 0 Å². The lowest BCUT2D eigenvalue weighted by atomic mass is 10.2. The number of carbonyl (C=O) groups is 1. The summed E-state index contributed by atoms with van der Waals surface area (Å²) in [4.78, 5) is 15.6. The number of amides is 1. The first-order valence-corrected chi connectivity index (χ1v) is 6.27. The summed E-state index contributed by atoms with van der Waals surface area (Å²) >= 11 is 1.49. The average molecular weight is 258 g/mol. The molecule has 0 spiro atoms. The minimum atomic E-state index is -0.536. The molecule has 1 amide bonds. The van der Waals surface area contributed by atoms with Crippen molar-refractivity contribution in [2.24, 2.45) is 0 Å². The van der Waals surface area contributed by atoms with Crippen LogP contribution >= 0.6 is 11.3 Å². The molecular formula is C11H18N2O3S. The number of carbonyl (C=O) groups excluding carboxylic acids is 1. The topological polar surface area (TPSA) is 71.5 Å². The van der Waals surface area contributed by atoms with Gasteiger partial charge in [0.1, 0.15) is 5.60 Å². The Morgan fingerprint density at radius 1 is 1.65 bits per heavy atom. The highest BCUT2D eigenvalue weighted by atomic mass is 32.1. The monoisotopic (exact) mass is 258 g/mol. The summed E-state index contributed by atoms with van der Waals surface area (Å²) in [5.74, 6) is 0. The van der Waals surface area contributed by atoms with E-state index in [0.717, 1.165) is 5.01 Å². The van der Waals surface area contributed by atoms with Crippen LogP contribution in [-0.2, 0) is 11.2 Å². The molecule has 1 aromatic heterocycles. The number of thiazole rings is 1. The van der Waals surface area contributed by atoms with Gasteiger partial charge in [0.25, 0.3) is 0 Å². The van der Waals surface area contributed by atoms with Crippen LogP contribution in [0.3, 0.4) is 0 Å². The fourth-order valence-corrected chi connectivity index (χ4v) is 1.90. The molecule has 1 heterocycles. The Balaban J connectivity index is 2.44. The normalized spacial score (nSPS) is 13.2. The molecule has 17 heavy (non-hydrogen) atoms. The lowest BCUT2D eigenvalue weighted by Crippen LogP contribution is -2.42. The number of nitrogens with zero attached hydrogens (tertiary/aromatic N) is 1. The maximum absolute atomic E-state index is 11.5. The Labute approximate surface area is 105 Å². The Morgan fingerprint density at radius 2 is 2.35 bits per heavy atom. The van der Waals surface area contributed by atoms with E-state index < -0.39 is 11.7 Å². The van der Waals surface area contributed by atoms with Gasteiger partial charge in [-0.25, -0.2) is 9.78 Å². The van der Waals surface area contributed by atoms with Crippen LogP contribution in [0.5, 0.6) is 0 Å². The standard InChI is InChI=1S/C11H18N2O3S/c1-11(2,3)16-10(15)13-8(7-14)6-9-12-4-5-17-9/h4-5,8,14H,6-7H2,1-3H3,(H,13,15)/t8-/m1/s1. The summed E-state index contributed by atoms with van der Waals surface area (Å²) in [7, 11) is 0. The summed E-state index contributed by atoms with van der Waals surface area (Å²) in [6.45, 7) is 5.24. The lowest BCUT2D eigenvalue weighted by molar-refractivity contribution is 0.0483. The third kappa shape index (κ3) is 5.65. The van der Waals surface area contributed by atoms with Crippen molar-refractivity contribution >= 4 is 17.4 Å². The number of alkyl carbamates (subject to hydrolysis) is 1. The van der Waals surface area contributed by atoms with Gasteiger partial charge in [-0.2, -0.15) is 0 Å². The van der Waals surface area contributed by atoms with E-state index in [2.05, 4.69) is 10.3 Å². The minimum absolute atomic E-state index is 0.140.